The average Bonchev–Trinajstić information content (AvgIpc) is 2.60. The molecule has 0 aliphatic rings. The lowest BCUT2D eigenvalue weighted by Gasteiger charge is -2.12. The number of rotatable bonds is 18. The molecule has 0 rings (SSSR count). The minimum absolute atomic E-state index is 0.0671. The Morgan fingerprint density at radius 3 is 1.60 bits per heavy atom. The fraction of sp³-hybridized carbons (Fsp3) is 0.952. The summed E-state index contributed by atoms with van der Waals surface area (Å²) in [5.74, 6) is -0.367. The van der Waals surface area contributed by atoms with E-state index in [0.29, 0.717) is 6.42 Å². The first kappa shape index (κ1) is 24.4. The number of carbonyl (C=O) groups is 1. The summed E-state index contributed by atoms with van der Waals surface area (Å²) in [4.78, 5) is 11.0. The van der Waals surface area contributed by atoms with Crippen LogP contribution in [0, 0.1) is 0 Å². The monoisotopic (exact) mass is 358 g/mol. The van der Waals surface area contributed by atoms with Gasteiger partial charge in [-0.1, -0.05) is 84.0 Å². The molecule has 2 N–H and O–H groups in total. The summed E-state index contributed by atoms with van der Waals surface area (Å²) in [5, 5.41) is 19.6. The molecular formula is C21H42O4. The molecule has 0 aromatic rings. The molecule has 0 saturated heterocycles. The highest BCUT2D eigenvalue weighted by atomic mass is 16.5. The molecule has 0 aliphatic carbocycles. The predicted octanol–water partition coefficient (Wildman–Crippen LogP) is 5.14. The first-order valence-electron chi connectivity index (χ1n) is 10.5. The molecule has 4 heteroatoms. The molecular weight excluding hydrogens is 316 g/mol. The standard InChI is InChI=1S/C21H42O4/c1-3-4-5-6-7-8-9-10-11-12-15-19(22)16-13-14-17-20(23)18-21(24)25-2/h19-20,22-23H,3-18H2,1-2H3. The van der Waals surface area contributed by atoms with E-state index in [1.54, 1.807) is 0 Å². The number of aliphatic hydroxyl groups is 2. The normalized spacial score (nSPS) is 13.6. The van der Waals surface area contributed by atoms with Crippen LogP contribution in [0.15, 0.2) is 0 Å². The molecule has 2 unspecified atom stereocenters. The zero-order valence-corrected chi connectivity index (χ0v) is 16.7. The number of hydrogen-bond donors (Lipinski definition) is 2. The summed E-state index contributed by atoms with van der Waals surface area (Å²) in [6.45, 7) is 2.25. The molecule has 0 aromatic heterocycles. The van der Waals surface area contributed by atoms with Gasteiger partial charge in [-0.15, -0.1) is 0 Å². The van der Waals surface area contributed by atoms with Crippen LogP contribution in [0.4, 0.5) is 0 Å². The molecule has 0 amide bonds. The van der Waals surface area contributed by atoms with Crippen molar-refractivity contribution in [3.05, 3.63) is 0 Å². The van der Waals surface area contributed by atoms with Crippen molar-refractivity contribution in [3.63, 3.8) is 0 Å². The molecule has 0 bridgehead atoms. The third-order valence-electron chi connectivity index (χ3n) is 4.85. The van der Waals surface area contributed by atoms with E-state index >= 15 is 0 Å². The molecule has 4 nitrogen and oxygen atoms in total. The van der Waals surface area contributed by atoms with Crippen LogP contribution in [-0.2, 0) is 9.53 Å². The molecule has 25 heavy (non-hydrogen) atoms. The van der Waals surface area contributed by atoms with Gasteiger partial charge in [-0.2, -0.15) is 0 Å². The Labute approximate surface area is 155 Å². The van der Waals surface area contributed by atoms with E-state index in [1.165, 1.54) is 64.9 Å². The Hall–Kier alpha value is -0.610. The van der Waals surface area contributed by atoms with Gasteiger partial charge >= 0.3 is 5.97 Å². The second kappa shape index (κ2) is 18.2. The topological polar surface area (TPSA) is 66.8 Å². The minimum Gasteiger partial charge on any atom is -0.469 e. The lowest BCUT2D eigenvalue weighted by molar-refractivity contribution is -0.142. The van der Waals surface area contributed by atoms with Crippen molar-refractivity contribution in [2.24, 2.45) is 0 Å². The van der Waals surface area contributed by atoms with Gasteiger partial charge in [-0.25, -0.2) is 0 Å². The summed E-state index contributed by atoms with van der Waals surface area (Å²) in [5.41, 5.74) is 0. The third kappa shape index (κ3) is 18.0. The maximum Gasteiger partial charge on any atom is 0.308 e. The first-order chi connectivity index (χ1) is 12.1. The van der Waals surface area contributed by atoms with E-state index in [-0.39, 0.29) is 18.5 Å². The van der Waals surface area contributed by atoms with Gasteiger partial charge in [-0.05, 0) is 19.3 Å². The van der Waals surface area contributed by atoms with E-state index in [9.17, 15) is 15.0 Å². The van der Waals surface area contributed by atoms with Crippen LogP contribution in [0.5, 0.6) is 0 Å². The number of hydrogen-bond acceptors (Lipinski definition) is 4. The van der Waals surface area contributed by atoms with Gasteiger partial charge in [0.25, 0.3) is 0 Å². The van der Waals surface area contributed by atoms with E-state index < -0.39 is 6.10 Å². The Balaban J connectivity index is 3.30. The van der Waals surface area contributed by atoms with Gasteiger partial charge in [-0.3, -0.25) is 4.79 Å². The van der Waals surface area contributed by atoms with Crippen molar-refractivity contribution < 1.29 is 19.7 Å². The third-order valence-corrected chi connectivity index (χ3v) is 4.85. The van der Waals surface area contributed by atoms with Crippen LogP contribution in [0.3, 0.4) is 0 Å². The lowest BCUT2D eigenvalue weighted by atomic mass is 10.0. The summed E-state index contributed by atoms with van der Waals surface area (Å²) < 4.78 is 4.53. The van der Waals surface area contributed by atoms with Crippen LogP contribution >= 0.6 is 0 Å². The van der Waals surface area contributed by atoms with E-state index in [0.717, 1.165) is 32.1 Å². The molecule has 0 aliphatic heterocycles. The highest BCUT2D eigenvalue weighted by Gasteiger charge is 2.11. The molecule has 0 saturated carbocycles. The van der Waals surface area contributed by atoms with Gasteiger partial charge in [0, 0.05) is 0 Å². The van der Waals surface area contributed by atoms with Crippen LogP contribution in [-0.4, -0.2) is 35.5 Å². The Morgan fingerprint density at radius 1 is 0.720 bits per heavy atom. The molecule has 0 spiro atoms. The fourth-order valence-electron chi connectivity index (χ4n) is 3.15. The summed E-state index contributed by atoms with van der Waals surface area (Å²) in [6.07, 6.45) is 16.4. The smallest absolute Gasteiger partial charge is 0.308 e. The fourth-order valence-corrected chi connectivity index (χ4v) is 3.15. The van der Waals surface area contributed by atoms with Crippen LogP contribution in [0.25, 0.3) is 0 Å². The molecule has 0 radical (unpaired) electrons. The number of aliphatic hydroxyl groups excluding tert-OH is 2. The molecule has 150 valence electrons. The van der Waals surface area contributed by atoms with Crippen molar-refractivity contribution in [2.45, 2.75) is 122 Å². The van der Waals surface area contributed by atoms with Crippen molar-refractivity contribution in [1.29, 1.82) is 0 Å². The Kier molecular flexibility index (Phi) is 17.7. The number of carbonyl (C=O) groups excluding carboxylic acids is 1. The number of unbranched alkanes of at least 4 members (excludes halogenated alkanes) is 10. The molecule has 2 atom stereocenters. The van der Waals surface area contributed by atoms with E-state index in [4.69, 9.17) is 0 Å². The van der Waals surface area contributed by atoms with Crippen LogP contribution in [0.1, 0.15) is 110 Å². The number of methoxy groups -OCH3 is 1. The predicted molar refractivity (Wildman–Crippen MR) is 104 cm³/mol. The van der Waals surface area contributed by atoms with Gasteiger partial charge in [0.15, 0.2) is 0 Å². The molecule has 0 fully saturated rings. The summed E-state index contributed by atoms with van der Waals surface area (Å²) in [7, 11) is 1.33. The maximum absolute atomic E-state index is 11.0. The van der Waals surface area contributed by atoms with E-state index in [1.807, 2.05) is 0 Å². The molecule has 0 heterocycles. The van der Waals surface area contributed by atoms with Gasteiger partial charge in [0.2, 0.25) is 0 Å². The zero-order chi connectivity index (χ0) is 18.8. The van der Waals surface area contributed by atoms with Crippen molar-refractivity contribution in [2.75, 3.05) is 7.11 Å². The summed E-state index contributed by atoms with van der Waals surface area (Å²) in [6, 6.07) is 0. The highest BCUT2D eigenvalue weighted by molar-refractivity contribution is 5.69. The maximum atomic E-state index is 11.0. The van der Waals surface area contributed by atoms with Gasteiger partial charge in [0.05, 0.1) is 25.7 Å². The highest BCUT2D eigenvalue weighted by Crippen LogP contribution is 2.15. The van der Waals surface area contributed by atoms with Crippen molar-refractivity contribution in [1.82, 2.24) is 0 Å². The van der Waals surface area contributed by atoms with Gasteiger partial charge < -0.3 is 14.9 Å². The van der Waals surface area contributed by atoms with Crippen LogP contribution < -0.4 is 0 Å². The van der Waals surface area contributed by atoms with Crippen molar-refractivity contribution >= 4 is 5.97 Å². The van der Waals surface area contributed by atoms with E-state index in [2.05, 4.69) is 11.7 Å². The minimum atomic E-state index is -0.619. The lowest BCUT2D eigenvalue weighted by Crippen LogP contribution is -2.14. The molecule has 0 aromatic carbocycles. The SMILES string of the molecule is CCCCCCCCCCCCC(O)CCCCC(O)CC(=O)OC. The quantitative estimate of drug-likeness (QED) is 0.263. The van der Waals surface area contributed by atoms with Crippen molar-refractivity contribution in [3.8, 4) is 0 Å². The first-order valence-corrected chi connectivity index (χ1v) is 10.5. The summed E-state index contributed by atoms with van der Waals surface area (Å²) >= 11 is 0. The van der Waals surface area contributed by atoms with Gasteiger partial charge in [0.1, 0.15) is 0 Å². The number of ether oxygens (including phenoxy) is 1. The largest absolute Gasteiger partial charge is 0.469 e. The Morgan fingerprint density at radius 2 is 1.12 bits per heavy atom. The number of esters is 1. The average molecular weight is 359 g/mol. The second-order valence-electron chi connectivity index (χ2n) is 7.34. The zero-order valence-electron chi connectivity index (χ0n) is 16.7. The van der Waals surface area contributed by atoms with Crippen LogP contribution in [0.2, 0.25) is 0 Å². The second-order valence-corrected chi connectivity index (χ2v) is 7.34. The Bertz CT molecular complexity index is 294.